The lowest BCUT2D eigenvalue weighted by Crippen LogP contribution is -2.50. The zero-order valence-corrected chi connectivity index (χ0v) is 15.0. The number of carbonyl (C=O) groups excluding carboxylic acids is 1. The largest absolute Gasteiger partial charge is 0.297 e. The van der Waals surface area contributed by atoms with E-state index in [0.717, 1.165) is 24.7 Å². The van der Waals surface area contributed by atoms with E-state index in [1.165, 1.54) is 32.1 Å². The summed E-state index contributed by atoms with van der Waals surface area (Å²) in [5.41, 5.74) is 2.02. The third-order valence-electron chi connectivity index (χ3n) is 8.05. The fourth-order valence-corrected chi connectivity index (χ4v) is 7.03. The van der Waals surface area contributed by atoms with Crippen LogP contribution in [0.15, 0.2) is 11.6 Å². The molecule has 0 saturated heterocycles. The summed E-state index contributed by atoms with van der Waals surface area (Å²) in [4.78, 5) is 12.6. The quantitative estimate of drug-likeness (QED) is 0.433. The van der Waals surface area contributed by atoms with Gasteiger partial charge in [0.15, 0.2) is 5.78 Å². The smallest absolute Gasteiger partial charge is 0.156 e. The fourth-order valence-electron chi connectivity index (χ4n) is 6.59. The van der Waals surface area contributed by atoms with Crippen LogP contribution in [0.4, 0.5) is 0 Å². The van der Waals surface area contributed by atoms with Crippen LogP contribution in [0, 0.1) is 34.5 Å². The molecule has 4 aliphatic carbocycles. The molecule has 0 heterocycles. The van der Waals surface area contributed by atoms with Crippen LogP contribution < -0.4 is 0 Å². The van der Waals surface area contributed by atoms with Crippen molar-refractivity contribution in [3.05, 3.63) is 11.6 Å². The van der Waals surface area contributed by atoms with Crippen LogP contribution >= 0.6 is 11.6 Å². The van der Waals surface area contributed by atoms with Crippen molar-refractivity contribution in [3.63, 3.8) is 0 Å². The number of rotatable bonds is 0. The van der Waals surface area contributed by atoms with E-state index < -0.39 is 0 Å². The van der Waals surface area contributed by atoms with Crippen LogP contribution in [0.3, 0.4) is 0 Å². The van der Waals surface area contributed by atoms with Gasteiger partial charge in [-0.3, -0.25) is 4.79 Å². The highest BCUT2D eigenvalue weighted by Gasteiger charge is 2.60. The molecule has 2 heteroatoms. The number of ketones is 1. The van der Waals surface area contributed by atoms with Gasteiger partial charge in [-0.05, 0) is 74.0 Å². The maximum absolute atomic E-state index is 12.6. The Bertz CT molecular complexity index is 538. The van der Waals surface area contributed by atoms with E-state index in [-0.39, 0.29) is 10.8 Å². The van der Waals surface area contributed by atoms with Crippen LogP contribution in [0.2, 0.25) is 0 Å². The molecule has 0 spiro atoms. The number of Topliss-reactive ketones (excluding diaryl/α,β-unsaturated/α-hetero) is 1. The first-order valence-electron chi connectivity index (χ1n) is 9.24. The van der Waals surface area contributed by atoms with Crippen LogP contribution in [0.25, 0.3) is 0 Å². The van der Waals surface area contributed by atoms with Crippen LogP contribution in [0.5, 0.6) is 0 Å². The van der Waals surface area contributed by atoms with Crippen molar-refractivity contribution in [1.29, 1.82) is 0 Å². The van der Waals surface area contributed by atoms with E-state index in [1.54, 1.807) is 5.57 Å². The van der Waals surface area contributed by atoms with Crippen molar-refractivity contribution < 1.29 is 4.79 Å². The zero-order valence-electron chi connectivity index (χ0n) is 14.2. The molecular formula is C20H29ClO. The summed E-state index contributed by atoms with van der Waals surface area (Å²) >= 11 is 6.38. The first-order chi connectivity index (χ1) is 10.4. The standard InChI is InChI=1S/C20H29ClO/c1-12-6-8-19(2)13(10-12)4-5-14-15(19)7-9-20(3)16(14)11-17(21)18(20)22/h4,12,14-17H,5-11H2,1-3H3/t12?,14-,15+,16+,17-,19+,20+/m1/s1. The van der Waals surface area contributed by atoms with Gasteiger partial charge < -0.3 is 0 Å². The molecule has 4 aliphatic rings. The monoisotopic (exact) mass is 320 g/mol. The average molecular weight is 321 g/mol. The predicted octanol–water partition coefficient (Wildman–Crippen LogP) is 5.37. The summed E-state index contributed by atoms with van der Waals surface area (Å²) < 4.78 is 0. The Hall–Kier alpha value is -0.300. The molecule has 0 aromatic carbocycles. The van der Waals surface area contributed by atoms with Gasteiger partial charge in [0.1, 0.15) is 0 Å². The van der Waals surface area contributed by atoms with Crippen molar-refractivity contribution in [1.82, 2.24) is 0 Å². The molecule has 0 aromatic rings. The summed E-state index contributed by atoms with van der Waals surface area (Å²) in [6, 6.07) is 0. The minimum atomic E-state index is -0.224. The second-order valence-corrected chi connectivity index (χ2v) is 9.66. The highest BCUT2D eigenvalue weighted by molar-refractivity contribution is 6.32. The predicted molar refractivity (Wildman–Crippen MR) is 90.9 cm³/mol. The lowest BCUT2D eigenvalue weighted by atomic mass is 9.47. The third kappa shape index (κ3) is 1.87. The topological polar surface area (TPSA) is 17.1 Å². The molecule has 0 bridgehead atoms. The number of halogens is 1. The van der Waals surface area contributed by atoms with Gasteiger partial charge in [0.05, 0.1) is 5.38 Å². The molecule has 4 rings (SSSR count). The van der Waals surface area contributed by atoms with E-state index in [0.29, 0.717) is 23.0 Å². The molecule has 22 heavy (non-hydrogen) atoms. The summed E-state index contributed by atoms with van der Waals surface area (Å²) in [6.07, 6.45) is 11.0. The van der Waals surface area contributed by atoms with E-state index in [9.17, 15) is 4.79 Å². The highest BCUT2D eigenvalue weighted by Crippen LogP contribution is 2.64. The molecule has 7 atom stereocenters. The Balaban J connectivity index is 1.70. The summed E-state index contributed by atoms with van der Waals surface area (Å²) in [6.45, 7) is 7.14. The minimum absolute atomic E-state index is 0.128. The molecular weight excluding hydrogens is 292 g/mol. The first kappa shape index (κ1) is 15.2. The molecule has 3 saturated carbocycles. The highest BCUT2D eigenvalue weighted by atomic mass is 35.5. The zero-order chi connectivity index (χ0) is 15.7. The van der Waals surface area contributed by atoms with Gasteiger partial charge in [-0.1, -0.05) is 32.4 Å². The summed E-state index contributed by atoms with van der Waals surface area (Å²) in [5.74, 6) is 3.19. The van der Waals surface area contributed by atoms with Crippen LogP contribution in [-0.2, 0) is 4.79 Å². The SMILES string of the molecule is CC1CC[C@@]2(C)C(=CC[C@@H]3[C@@H]2CC[C@]2(C)C(=O)[C@H](Cl)C[C@@H]32)C1. The van der Waals surface area contributed by atoms with Gasteiger partial charge in [0.25, 0.3) is 0 Å². The number of allylic oxidation sites excluding steroid dienone is 2. The van der Waals surface area contributed by atoms with Crippen LogP contribution in [-0.4, -0.2) is 11.2 Å². The van der Waals surface area contributed by atoms with E-state index in [1.807, 2.05) is 0 Å². The molecule has 0 aliphatic heterocycles. The molecule has 0 radical (unpaired) electrons. The number of hydrogen-bond donors (Lipinski definition) is 0. The van der Waals surface area contributed by atoms with Gasteiger partial charge in [-0.2, -0.15) is 0 Å². The molecule has 1 nitrogen and oxygen atoms in total. The Kier molecular flexibility index (Phi) is 3.36. The van der Waals surface area contributed by atoms with Crippen molar-refractivity contribution >= 4 is 17.4 Å². The maximum atomic E-state index is 12.6. The molecule has 0 N–H and O–H groups in total. The van der Waals surface area contributed by atoms with Gasteiger partial charge in [-0.25, -0.2) is 0 Å². The minimum Gasteiger partial charge on any atom is -0.297 e. The lowest BCUT2D eigenvalue weighted by molar-refractivity contribution is -0.131. The molecule has 3 fully saturated rings. The average Bonchev–Trinajstić information content (AvgIpc) is 2.72. The number of hydrogen-bond acceptors (Lipinski definition) is 1. The fraction of sp³-hybridized carbons (Fsp3) is 0.850. The lowest BCUT2D eigenvalue weighted by Gasteiger charge is -2.56. The Labute approximate surface area is 139 Å². The van der Waals surface area contributed by atoms with Crippen molar-refractivity contribution in [3.8, 4) is 0 Å². The first-order valence-corrected chi connectivity index (χ1v) is 9.68. The molecule has 0 amide bonds. The number of alkyl halides is 1. The molecule has 1 unspecified atom stereocenters. The third-order valence-corrected chi connectivity index (χ3v) is 8.42. The van der Waals surface area contributed by atoms with Gasteiger partial charge in [0.2, 0.25) is 0 Å². The molecule has 0 aromatic heterocycles. The number of carbonyl (C=O) groups is 1. The van der Waals surface area contributed by atoms with Gasteiger partial charge in [-0.15, -0.1) is 11.6 Å². The Morgan fingerprint density at radius 1 is 1.14 bits per heavy atom. The second-order valence-electron chi connectivity index (χ2n) is 9.13. The van der Waals surface area contributed by atoms with E-state index >= 15 is 0 Å². The van der Waals surface area contributed by atoms with Gasteiger partial charge in [0, 0.05) is 5.41 Å². The summed E-state index contributed by atoms with van der Waals surface area (Å²) in [7, 11) is 0. The molecule has 122 valence electrons. The van der Waals surface area contributed by atoms with Crippen molar-refractivity contribution in [2.24, 2.45) is 34.5 Å². The second kappa shape index (κ2) is 4.85. The van der Waals surface area contributed by atoms with Crippen molar-refractivity contribution in [2.45, 2.75) is 71.1 Å². The Morgan fingerprint density at radius 3 is 2.64 bits per heavy atom. The normalized spacial score (nSPS) is 54.3. The number of fused-ring (bicyclic) bond motifs is 5. The Morgan fingerprint density at radius 2 is 1.86 bits per heavy atom. The van der Waals surface area contributed by atoms with Gasteiger partial charge >= 0.3 is 0 Å². The maximum Gasteiger partial charge on any atom is 0.156 e. The van der Waals surface area contributed by atoms with Crippen molar-refractivity contribution in [2.75, 3.05) is 0 Å². The summed E-state index contributed by atoms with van der Waals surface area (Å²) in [5, 5.41) is -0.224. The van der Waals surface area contributed by atoms with Crippen LogP contribution in [0.1, 0.15) is 65.7 Å². The van der Waals surface area contributed by atoms with E-state index in [2.05, 4.69) is 26.8 Å². The van der Waals surface area contributed by atoms with E-state index in [4.69, 9.17) is 11.6 Å².